The van der Waals surface area contributed by atoms with Crippen LogP contribution in [-0.4, -0.2) is 6.61 Å². The third-order valence-corrected chi connectivity index (χ3v) is 7.37. The zero-order valence-corrected chi connectivity index (χ0v) is 18.8. The van der Waals surface area contributed by atoms with E-state index in [1.54, 1.807) is 5.56 Å². The molecule has 0 spiro atoms. The third-order valence-electron chi connectivity index (χ3n) is 7.37. The van der Waals surface area contributed by atoms with E-state index in [1.807, 2.05) is 0 Å². The Bertz CT molecular complexity index is 610. The second-order valence-corrected chi connectivity index (χ2v) is 9.33. The fraction of sp³-hybridized carbons (Fsp3) is 0.643. The Labute approximate surface area is 179 Å². The zero-order valence-electron chi connectivity index (χ0n) is 18.8. The van der Waals surface area contributed by atoms with E-state index in [1.165, 1.54) is 63.4 Å². The lowest BCUT2D eigenvalue weighted by Crippen LogP contribution is -2.25. The van der Waals surface area contributed by atoms with Crippen LogP contribution in [0.25, 0.3) is 0 Å². The second kappa shape index (κ2) is 12.4. The van der Waals surface area contributed by atoms with Gasteiger partial charge in [-0.3, -0.25) is 0 Å². The van der Waals surface area contributed by atoms with Crippen LogP contribution in [-0.2, 0) is 11.3 Å². The first kappa shape index (κ1) is 22.3. The molecule has 3 rings (SSSR count). The van der Waals surface area contributed by atoms with Crippen molar-refractivity contribution in [1.29, 1.82) is 0 Å². The maximum absolute atomic E-state index is 5.73. The lowest BCUT2D eigenvalue weighted by atomic mass is 9.68. The van der Waals surface area contributed by atoms with Crippen molar-refractivity contribution < 1.29 is 4.74 Å². The molecule has 2 aliphatic carbocycles. The maximum Gasteiger partial charge on any atom is 0.0721 e. The Morgan fingerprint density at radius 3 is 2.10 bits per heavy atom. The standard InChI is InChI=1S/C28H42O/c1-3-5-7-21-29-22-24-11-15-26(16-12-24)28-19-17-27(18-20-28)25-13-9-23(10-14-25)8-6-4-2/h4-7,11-12,15-16,23,25,27-28H,3,8-10,13-14,17-22H2,1-2H3. The first-order valence-corrected chi connectivity index (χ1v) is 12.2. The maximum atomic E-state index is 5.73. The number of hydrogen-bond acceptors (Lipinski definition) is 1. The summed E-state index contributed by atoms with van der Waals surface area (Å²) in [5.74, 6) is 3.75. The molecule has 0 aliphatic heterocycles. The van der Waals surface area contributed by atoms with E-state index >= 15 is 0 Å². The number of hydrogen-bond donors (Lipinski definition) is 0. The molecule has 2 fully saturated rings. The fourth-order valence-electron chi connectivity index (χ4n) is 5.51. The van der Waals surface area contributed by atoms with Gasteiger partial charge in [-0.05, 0) is 106 Å². The first-order chi connectivity index (χ1) is 14.3. The van der Waals surface area contributed by atoms with Gasteiger partial charge in [0.1, 0.15) is 0 Å². The van der Waals surface area contributed by atoms with Crippen LogP contribution >= 0.6 is 0 Å². The highest BCUT2D eigenvalue weighted by Crippen LogP contribution is 2.44. The van der Waals surface area contributed by atoms with Crippen molar-refractivity contribution in [3.05, 3.63) is 59.7 Å². The molecule has 2 aliphatic rings. The highest BCUT2D eigenvalue weighted by Gasteiger charge is 2.30. The molecule has 0 saturated heterocycles. The summed E-state index contributed by atoms with van der Waals surface area (Å²) < 4.78 is 5.73. The van der Waals surface area contributed by atoms with Crippen molar-refractivity contribution in [3.63, 3.8) is 0 Å². The molecule has 29 heavy (non-hydrogen) atoms. The Morgan fingerprint density at radius 2 is 1.48 bits per heavy atom. The van der Waals surface area contributed by atoms with E-state index in [4.69, 9.17) is 4.74 Å². The van der Waals surface area contributed by atoms with E-state index < -0.39 is 0 Å². The summed E-state index contributed by atoms with van der Waals surface area (Å²) in [5, 5.41) is 0. The molecular weight excluding hydrogens is 352 g/mol. The van der Waals surface area contributed by atoms with Crippen LogP contribution in [0.3, 0.4) is 0 Å². The number of allylic oxidation sites excluding steroid dienone is 3. The van der Waals surface area contributed by atoms with Crippen LogP contribution in [0.4, 0.5) is 0 Å². The highest BCUT2D eigenvalue weighted by atomic mass is 16.5. The average molecular weight is 395 g/mol. The SMILES string of the molecule is CC=CCC1CCC(C2CCC(c3ccc(COCC=CCC)cc3)CC2)CC1. The van der Waals surface area contributed by atoms with E-state index in [0.29, 0.717) is 0 Å². The molecule has 0 aromatic heterocycles. The zero-order chi connectivity index (χ0) is 20.3. The Balaban J connectivity index is 1.38. The third kappa shape index (κ3) is 7.14. The molecule has 1 heteroatoms. The van der Waals surface area contributed by atoms with E-state index in [-0.39, 0.29) is 0 Å². The first-order valence-electron chi connectivity index (χ1n) is 12.2. The predicted octanol–water partition coefficient (Wildman–Crippen LogP) is 8.22. The van der Waals surface area contributed by atoms with Crippen molar-refractivity contribution in [3.8, 4) is 0 Å². The van der Waals surface area contributed by atoms with Crippen LogP contribution in [0.1, 0.15) is 95.1 Å². The highest BCUT2D eigenvalue weighted by molar-refractivity contribution is 5.25. The summed E-state index contributed by atoms with van der Waals surface area (Å²) in [6.07, 6.45) is 22.8. The minimum absolute atomic E-state index is 0.719. The molecule has 160 valence electrons. The predicted molar refractivity (Wildman–Crippen MR) is 125 cm³/mol. The van der Waals surface area contributed by atoms with E-state index in [2.05, 4.69) is 62.4 Å². The average Bonchev–Trinajstić information content (AvgIpc) is 2.78. The number of ether oxygens (including phenoxy) is 1. The molecule has 2 saturated carbocycles. The summed E-state index contributed by atoms with van der Waals surface area (Å²) in [6.45, 7) is 5.74. The van der Waals surface area contributed by atoms with Crippen LogP contribution in [0, 0.1) is 17.8 Å². The molecule has 0 N–H and O–H groups in total. The van der Waals surface area contributed by atoms with Crippen molar-refractivity contribution in [2.24, 2.45) is 17.8 Å². The topological polar surface area (TPSA) is 9.23 Å². The molecule has 0 bridgehead atoms. The lowest BCUT2D eigenvalue weighted by molar-refractivity contribution is 0.148. The molecule has 0 radical (unpaired) electrons. The molecular formula is C28H42O. The Kier molecular flexibility index (Phi) is 9.54. The van der Waals surface area contributed by atoms with Crippen molar-refractivity contribution in [2.75, 3.05) is 6.61 Å². The monoisotopic (exact) mass is 394 g/mol. The summed E-state index contributed by atoms with van der Waals surface area (Å²) >= 11 is 0. The van der Waals surface area contributed by atoms with Crippen LogP contribution in [0.15, 0.2) is 48.6 Å². The Hall–Kier alpha value is -1.34. The van der Waals surface area contributed by atoms with Crippen molar-refractivity contribution >= 4 is 0 Å². The van der Waals surface area contributed by atoms with Gasteiger partial charge in [0, 0.05) is 0 Å². The second-order valence-electron chi connectivity index (χ2n) is 9.33. The lowest BCUT2D eigenvalue weighted by Gasteiger charge is -2.38. The summed E-state index contributed by atoms with van der Waals surface area (Å²) in [6, 6.07) is 9.27. The number of rotatable bonds is 9. The van der Waals surface area contributed by atoms with Crippen LogP contribution in [0.5, 0.6) is 0 Å². The van der Waals surface area contributed by atoms with Gasteiger partial charge in [0.2, 0.25) is 0 Å². The van der Waals surface area contributed by atoms with Crippen molar-refractivity contribution in [2.45, 2.75) is 90.6 Å². The molecule has 1 aromatic rings. The van der Waals surface area contributed by atoms with Gasteiger partial charge in [0.05, 0.1) is 13.2 Å². The van der Waals surface area contributed by atoms with E-state index in [9.17, 15) is 0 Å². The smallest absolute Gasteiger partial charge is 0.0721 e. The van der Waals surface area contributed by atoms with Gasteiger partial charge in [-0.15, -0.1) is 0 Å². The quantitative estimate of drug-likeness (QED) is 0.303. The molecule has 1 nitrogen and oxygen atoms in total. The van der Waals surface area contributed by atoms with Gasteiger partial charge in [-0.2, -0.15) is 0 Å². The molecule has 0 amide bonds. The molecule has 0 heterocycles. The summed E-state index contributed by atoms with van der Waals surface area (Å²) in [4.78, 5) is 0. The van der Waals surface area contributed by atoms with Gasteiger partial charge in [0.15, 0.2) is 0 Å². The minimum Gasteiger partial charge on any atom is -0.373 e. The minimum atomic E-state index is 0.719. The largest absolute Gasteiger partial charge is 0.373 e. The van der Waals surface area contributed by atoms with Crippen LogP contribution < -0.4 is 0 Å². The normalized spacial score (nSPS) is 28.3. The van der Waals surface area contributed by atoms with Gasteiger partial charge in [0.25, 0.3) is 0 Å². The fourth-order valence-corrected chi connectivity index (χ4v) is 5.51. The van der Waals surface area contributed by atoms with E-state index in [0.717, 1.165) is 43.3 Å². The Morgan fingerprint density at radius 1 is 0.828 bits per heavy atom. The van der Waals surface area contributed by atoms with Gasteiger partial charge in [-0.25, -0.2) is 0 Å². The molecule has 0 unspecified atom stereocenters. The van der Waals surface area contributed by atoms with Gasteiger partial charge >= 0.3 is 0 Å². The molecule has 1 aromatic carbocycles. The van der Waals surface area contributed by atoms with Crippen LogP contribution in [0.2, 0.25) is 0 Å². The van der Waals surface area contributed by atoms with Crippen molar-refractivity contribution in [1.82, 2.24) is 0 Å². The van der Waals surface area contributed by atoms with Gasteiger partial charge < -0.3 is 4.74 Å². The van der Waals surface area contributed by atoms with Gasteiger partial charge in [-0.1, -0.05) is 55.5 Å². The summed E-state index contributed by atoms with van der Waals surface area (Å²) in [7, 11) is 0. The molecule has 0 atom stereocenters. The summed E-state index contributed by atoms with van der Waals surface area (Å²) in [5.41, 5.74) is 2.84. The number of benzene rings is 1.